The lowest BCUT2D eigenvalue weighted by atomic mass is 10.1. The van der Waals surface area contributed by atoms with Gasteiger partial charge in [0.1, 0.15) is 6.29 Å². The van der Waals surface area contributed by atoms with Gasteiger partial charge in [-0.3, -0.25) is 4.79 Å². The van der Waals surface area contributed by atoms with E-state index in [0.717, 1.165) is 24.9 Å². The average Bonchev–Trinajstić information content (AvgIpc) is 2.75. The van der Waals surface area contributed by atoms with Crippen molar-refractivity contribution in [2.24, 2.45) is 0 Å². The van der Waals surface area contributed by atoms with Crippen molar-refractivity contribution < 1.29 is 4.79 Å². The molecule has 2 nitrogen and oxygen atoms in total. The van der Waals surface area contributed by atoms with Crippen molar-refractivity contribution in [1.29, 1.82) is 0 Å². The Hall–Kier alpha value is -0.790. The average molecular weight is 422 g/mol. The monoisotopic (exact) mass is 421 g/mol. The van der Waals surface area contributed by atoms with E-state index in [2.05, 4.69) is 24.9 Å². The third-order valence-corrected chi connectivity index (χ3v) is 6.17. The predicted molar refractivity (Wildman–Crippen MR) is 135 cm³/mol. The second kappa shape index (κ2) is 24.5. The van der Waals surface area contributed by atoms with Crippen molar-refractivity contribution in [3.05, 3.63) is 11.8 Å². The predicted octanol–water partition coefficient (Wildman–Crippen LogP) is 9.23. The van der Waals surface area contributed by atoms with Crippen molar-refractivity contribution in [2.45, 2.75) is 149 Å². The van der Waals surface area contributed by atoms with Gasteiger partial charge in [-0.1, -0.05) is 129 Å². The van der Waals surface area contributed by atoms with Gasteiger partial charge in [0.25, 0.3) is 0 Å². The summed E-state index contributed by atoms with van der Waals surface area (Å²) in [6.07, 6.45) is 30.7. The summed E-state index contributed by atoms with van der Waals surface area (Å²) in [7, 11) is 0. The fraction of sp³-hybridized carbons (Fsp3) is 0.893. The molecule has 0 atom stereocenters. The molecule has 30 heavy (non-hydrogen) atoms. The van der Waals surface area contributed by atoms with Gasteiger partial charge in [0.15, 0.2) is 0 Å². The van der Waals surface area contributed by atoms with E-state index >= 15 is 0 Å². The summed E-state index contributed by atoms with van der Waals surface area (Å²) < 4.78 is 0. The molecule has 0 fully saturated rings. The molecule has 0 radical (unpaired) electrons. The molecule has 0 heterocycles. The van der Waals surface area contributed by atoms with Gasteiger partial charge in [-0.2, -0.15) is 0 Å². The first kappa shape index (κ1) is 29.2. The van der Waals surface area contributed by atoms with Crippen LogP contribution in [0, 0.1) is 0 Å². The summed E-state index contributed by atoms with van der Waals surface area (Å²) in [5.41, 5.74) is 0.856. The van der Waals surface area contributed by atoms with E-state index < -0.39 is 0 Å². The van der Waals surface area contributed by atoms with Gasteiger partial charge in [-0.25, -0.2) is 0 Å². The van der Waals surface area contributed by atoms with E-state index in [-0.39, 0.29) is 0 Å². The molecule has 0 aromatic carbocycles. The Balaban J connectivity index is 3.73. The lowest BCUT2D eigenvalue weighted by Crippen LogP contribution is -2.20. The minimum absolute atomic E-state index is 0.856. The highest BCUT2D eigenvalue weighted by Gasteiger charge is 2.02. The van der Waals surface area contributed by atoms with E-state index in [1.807, 2.05) is 6.92 Å². The van der Waals surface area contributed by atoms with Gasteiger partial charge in [0.05, 0.1) is 0 Å². The molecule has 0 N–H and O–H groups in total. The fourth-order valence-electron chi connectivity index (χ4n) is 4.16. The summed E-state index contributed by atoms with van der Waals surface area (Å²) >= 11 is 0. The van der Waals surface area contributed by atoms with Crippen LogP contribution in [-0.4, -0.2) is 24.3 Å². The Morgan fingerprint density at radius 3 is 1.13 bits per heavy atom. The second-order valence-corrected chi connectivity index (χ2v) is 9.39. The quantitative estimate of drug-likeness (QED) is 0.0879. The first-order valence-corrected chi connectivity index (χ1v) is 13.6. The first-order chi connectivity index (χ1) is 14.7. The van der Waals surface area contributed by atoms with Crippen LogP contribution in [0.2, 0.25) is 0 Å². The van der Waals surface area contributed by atoms with E-state index in [4.69, 9.17) is 0 Å². The maximum atomic E-state index is 11.0. The molecule has 0 unspecified atom stereocenters. The molecule has 0 spiro atoms. The van der Waals surface area contributed by atoms with E-state index in [1.54, 1.807) is 0 Å². The van der Waals surface area contributed by atoms with E-state index in [9.17, 15) is 4.79 Å². The molecule has 0 saturated carbocycles. The summed E-state index contributed by atoms with van der Waals surface area (Å²) in [5, 5.41) is 0. The third kappa shape index (κ3) is 21.9. The Bertz CT molecular complexity index is 353. The standard InChI is InChI=1S/C28H55NO/c1-4-6-8-10-12-14-16-18-20-22-24-29(26-28(3)27-30)25-23-21-19-17-15-13-11-9-7-5-2/h26-27H,4-25H2,1-3H3. The molecule has 0 rings (SSSR count). The van der Waals surface area contributed by atoms with Crippen molar-refractivity contribution >= 4 is 6.29 Å². The summed E-state index contributed by atoms with van der Waals surface area (Å²) in [5.74, 6) is 0. The number of rotatable bonds is 24. The van der Waals surface area contributed by atoms with Crippen LogP contribution >= 0.6 is 0 Å². The largest absolute Gasteiger partial charge is 0.377 e. The molecule has 0 aliphatic rings. The highest BCUT2D eigenvalue weighted by atomic mass is 16.1. The van der Waals surface area contributed by atoms with Crippen LogP contribution < -0.4 is 0 Å². The molecule has 0 aromatic heterocycles. The zero-order valence-corrected chi connectivity index (χ0v) is 21.1. The first-order valence-electron chi connectivity index (χ1n) is 13.6. The number of aldehydes is 1. The minimum atomic E-state index is 0.856. The van der Waals surface area contributed by atoms with Gasteiger partial charge in [0, 0.05) is 24.9 Å². The molecule has 178 valence electrons. The van der Waals surface area contributed by atoms with Crippen LogP contribution in [-0.2, 0) is 4.79 Å². The van der Waals surface area contributed by atoms with Crippen molar-refractivity contribution in [3.8, 4) is 0 Å². The van der Waals surface area contributed by atoms with Crippen LogP contribution in [0.4, 0.5) is 0 Å². The van der Waals surface area contributed by atoms with Crippen molar-refractivity contribution in [1.82, 2.24) is 4.90 Å². The van der Waals surface area contributed by atoms with Crippen LogP contribution in [0.5, 0.6) is 0 Å². The van der Waals surface area contributed by atoms with Gasteiger partial charge < -0.3 is 4.90 Å². The number of carbonyl (C=O) groups excluding carboxylic acids is 1. The molecule has 0 amide bonds. The maximum absolute atomic E-state index is 11.0. The normalized spacial score (nSPS) is 11.8. The minimum Gasteiger partial charge on any atom is -0.377 e. The number of carbonyl (C=O) groups is 1. The van der Waals surface area contributed by atoms with E-state index in [1.165, 1.54) is 128 Å². The Labute approximate surface area is 190 Å². The lowest BCUT2D eigenvalue weighted by molar-refractivity contribution is -0.104. The number of unbranched alkanes of at least 4 members (excludes halogenated alkanes) is 18. The highest BCUT2D eigenvalue weighted by molar-refractivity contribution is 5.71. The molecule has 0 aliphatic carbocycles. The zero-order chi connectivity index (χ0) is 22.1. The number of hydrogen-bond acceptors (Lipinski definition) is 2. The maximum Gasteiger partial charge on any atom is 0.147 e. The van der Waals surface area contributed by atoms with Crippen LogP contribution in [0.3, 0.4) is 0 Å². The molecular weight excluding hydrogens is 366 g/mol. The number of allylic oxidation sites excluding steroid dienone is 1. The molecule has 0 aromatic rings. The third-order valence-electron chi connectivity index (χ3n) is 6.17. The highest BCUT2D eigenvalue weighted by Crippen LogP contribution is 2.13. The van der Waals surface area contributed by atoms with E-state index in [0.29, 0.717) is 0 Å². The van der Waals surface area contributed by atoms with Crippen LogP contribution in [0.15, 0.2) is 11.8 Å². The number of hydrogen-bond donors (Lipinski definition) is 0. The molecular formula is C28H55NO. The van der Waals surface area contributed by atoms with Gasteiger partial charge in [0.2, 0.25) is 0 Å². The SMILES string of the molecule is CCCCCCCCCCCCN(C=C(C)C=O)CCCCCCCCCCCC. The van der Waals surface area contributed by atoms with Crippen LogP contribution in [0.1, 0.15) is 149 Å². The Morgan fingerprint density at radius 1 is 0.533 bits per heavy atom. The van der Waals surface area contributed by atoms with Gasteiger partial charge in [-0.05, 0) is 19.8 Å². The summed E-state index contributed by atoms with van der Waals surface area (Å²) in [6.45, 7) is 8.71. The second-order valence-electron chi connectivity index (χ2n) is 9.39. The molecule has 0 bridgehead atoms. The topological polar surface area (TPSA) is 20.3 Å². The Kier molecular flexibility index (Phi) is 23.8. The molecule has 2 heteroatoms. The van der Waals surface area contributed by atoms with Crippen LogP contribution in [0.25, 0.3) is 0 Å². The fourth-order valence-corrected chi connectivity index (χ4v) is 4.16. The number of nitrogens with zero attached hydrogens (tertiary/aromatic N) is 1. The summed E-state index contributed by atoms with van der Waals surface area (Å²) in [4.78, 5) is 13.4. The Morgan fingerprint density at radius 2 is 0.833 bits per heavy atom. The van der Waals surface area contributed by atoms with Gasteiger partial charge in [-0.15, -0.1) is 0 Å². The van der Waals surface area contributed by atoms with Crippen molar-refractivity contribution in [3.63, 3.8) is 0 Å². The van der Waals surface area contributed by atoms with Crippen molar-refractivity contribution in [2.75, 3.05) is 13.1 Å². The molecule has 0 saturated heterocycles. The zero-order valence-electron chi connectivity index (χ0n) is 21.1. The molecule has 0 aliphatic heterocycles. The lowest BCUT2D eigenvalue weighted by Gasteiger charge is -2.21. The van der Waals surface area contributed by atoms with Gasteiger partial charge >= 0.3 is 0 Å². The smallest absolute Gasteiger partial charge is 0.147 e. The summed E-state index contributed by atoms with van der Waals surface area (Å²) in [6, 6.07) is 0.